The van der Waals surface area contributed by atoms with Gasteiger partial charge in [-0.15, -0.1) is 5.10 Å². The molecule has 25 heavy (non-hydrogen) atoms. The molecule has 0 saturated carbocycles. The lowest BCUT2D eigenvalue weighted by Crippen LogP contribution is -2.05. The number of hydrogen-bond acceptors (Lipinski definition) is 5. The van der Waals surface area contributed by atoms with E-state index in [2.05, 4.69) is 15.0 Å². The molecule has 9 heteroatoms. The highest BCUT2D eigenvalue weighted by Gasteiger charge is 2.09. The Hall–Kier alpha value is -3.49. The van der Waals surface area contributed by atoms with Crippen LogP contribution in [-0.2, 0) is 0 Å². The average Bonchev–Trinajstić information content (AvgIpc) is 3.05. The van der Waals surface area contributed by atoms with Crippen LogP contribution in [0.2, 0.25) is 0 Å². The summed E-state index contributed by atoms with van der Waals surface area (Å²) in [4.78, 5) is 17.0. The van der Waals surface area contributed by atoms with Crippen molar-refractivity contribution in [3.63, 3.8) is 0 Å². The molecule has 3 rings (SSSR count). The highest BCUT2D eigenvalue weighted by molar-refractivity contribution is 5.84. The lowest BCUT2D eigenvalue weighted by Gasteiger charge is -2.07. The first kappa shape index (κ1) is 16.4. The summed E-state index contributed by atoms with van der Waals surface area (Å²) in [5.74, 6) is -0.702. The van der Waals surface area contributed by atoms with E-state index in [1.807, 2.05) is 0 Å². The summed E-state index contributed by atoms with van der Waals surface area (Å²) in [6.45, 7) is -2.86. The number of hydrogen-bond donors (Lipinski definition) is 1. The molecule has 0 amide bonds. The number of carboxylic acids is 1. The maximum Gasteiger partial charge on any atom is 0.387 e. The van der Waals surface area contributed by atoms with Crippen LogP contribution >= 0.6 is 0 Å². The van der Waals surface area contributed by atoms with Crippen molar-refractivity contribution in [2.45, 2.75) is 6.61 Å². The second kappa shape index (κ2) is 6.95. The standard InChI is InChI=1S/C16H11F2N3O4/c17-16(18)24-12-5-1-10(2-6-12)11-3-7-13(8-4-11)25-21-9-14(15(22)23)19-20-21/h1-9,16H,(H,22,23). The van der Waals surface area contributed by atoms with Crippen molar-refractivity contribution in [3.8, 4) is 22.6 Å². The van der Waals surface area contributed by atoms with Crippen LogP contribution in [0.1, 0.15) is 10.5 Å². The molecule has 128 valence electrons. The molecule has 0 spiro atoms. The van der Waals surface area contributed by atoms with Crippen LogP contribution in [0.3, 0.4) is 0 Å². The number of carbonyl (C=O) groups is 1. The Balaban J connectivity index is 1.70. The molecule has 2 aromatic carbocycles. The van der Waals surface area contributed by atoms with E-state index in [0.717, 1.165) is 22.2 Å². The maximum atomic E-state index is 12.1. The smallest absolute Gasteiger partial charge is 0.387 e. The van der Waals surface area contributed by atoms with Crippen molar-refractivity contribution in [2.24, 2.45) is 0 Å². The lowest BCUT2D eigenvalue weighted by atomic mass is 10.1. The fourth-order valence-corrected chi connectivity index (χ4v) is 2.04. The molecule has 0 aliphatic carbocycles. The fourth-order valence-electron chi connectivity index (χ4n) is 2.04. The minimum absolute atomic E-state index is 0.0825. The van der Waals surface area contributed by atoms with E-state index in [9.17, 15) is 13.6 Å². The van der Waals surface area contributed by atoms with Crippen LogP contribution in [0.5, 0.6) is 11.5 Å². The number of halogens is 2. The summed E-state index contributed by atoms with van der Waals surface area (Å²) in [6, 6.07) is 13.0. The lowest BCUT2D eigenvalue weighted by molar-refractivity contribution is -0.0498. The molecule has 7 nitrogen and oxygen atoms in total. The van der Waals surface area contributed by atoms with Gasteiger partial charge in [0.15, 0.2) is 11.4 Å². The Bertz CT molecular complexity index is 864. The summed E-state index contributed by atoms with van der Waals surface area (Å²) < 4.78 is 28.6. The molecule has 0 aliphatic rings. The SMILES string of the molecule is O=C(O)c1cn(Oc2ccc(-c3ccc(OC(F)F)cc3)cc2)nn1. The van der Waals surface area contributed by atoms with Gasteiger partial charge in [0.2, 0.25) is 0 Å². The number of nitrogens with zero attached hydrogens (tertiary/aromatic N) is 3. The zero-order valence-corrected chi connectivity index (χ0v) is 12.5. The first-order valence-corrected chi connectivity index (χ1v) is 7.00. The molecule has 0 bridgehead atoms. The largest absolute Gasteiger partial charge is 0.476 e. The zero-order valence-electron chi connectivity index (χ0n) is 12.5. The first-order valence-electron chi connectivity index (χ1n) is 7.00. The number of benzene rings is 2. The predicted octanol–water partition coefficient (Wildman–Crippen LogP) is 3.09. The molecule has 0 saturated heterocycles. The molecule has 0 radical (unpaired) electrons. The van der Waals surface area contributed by atoms with E-state index in [1.165, 1.54) is 12.1 Å². The molecule has 3 aromatic rings. The van der Waals surface area contributed by atoms with Crippen LogP contribution in [0.4, 0.5) is 8.78 Å². The van der Waals surface area contributed by atoms with Crippen molar-refractivity contribution in [2.75, 3.05) is 0 Å². The van der Waals surface area contributed by atoms with Gasteiger partial charge in [0.05, 0.1) is 0 Å². The summed E-state index contributed by atoms with van der Waals surface area (Å²) in [5.41, 5.74) is 1.41. The third kappa shape index (κ3) is 4.08. The van der Waals surface area contributed by atoms with Crippen molar-refractivity contribution in [1.82, 2.24) is 15.2 Å². The Labute approximate surface area is 140 Å². The Morgan fingerprint density at radius 2 is 1.56 bits per heavy atom. The van der Waals surface area contributed by atoms with Gasteiger partial charge in [-0.05, 0) is 40.6 Å². The van der Waals surface area contributed by atoms with Crippen molar-refractivity contribution < 1.29 is 28.3 Å². The normalized spacial score (nSPS) is 10.7. The highest BCUT2D eigenvalue weighted by Crippen LogP contribution is 2.25. The molecule has 1 aromatic heterocycles. The number of aromatic carboxylic acids is 1. The van der Waals surface area contributed by atoms with Gasteiger partial charge in [-0.2, -0.15) is 8.78 Å². The van der Waals surface area contributed by atoms with Gasteiger partial charge in [-0.3, -0.25) is 0 Å². The zero-order chi connectivity index (χ0) is 17.8. The monoisotopic (exact) mass is 347 g/mol. The molecule has 1 heterocycles. The van der Waals surface area contributed by atoms with Crippen molar-refractivity contribution >= 4 is 5.97 Å². The Morgan fingerprint density at radius 1 is 1.00 bits per heavy atom. The second-order valence-corrected chi connectivity index (χ2v) is 4.83. The van der Waals surface area contributed by atoms with Crippen LogP contribution in [0.25, 0.3) is 11.1 Å². The predicted molar refractivity (Wildman–Crippen MR) is 81.5 cm³/mol. The third-order valence-corrected chi connectivity index (χ3v) is 3.16. The van der Waals surface area contributed by atoms with E-state index in [-0.39, 0.29) is 11.4 Å². The van der Waals surface area contributed by atoms with Gasteiger partial charge in [0.25, 0.3) is 0 Å². The number of aromatic nitrogens is 3. The van der Waals surface area contributed by atoms with Crippen molar-refractivity contribution in [1.29, 1.82) is 0 Å². The highest BCUT2D eigenvalue weighted by atomic mass is 19.3. The summed E-state index contributed by atoms with van der Waals surface area (Å²) in [6.07, 6.45) is 1.14. The van der Waals surface area contributed by atoms with E-state index < -0.39 is 12.6 Å². The topological polar surface area (TPSA) is 86.5 Å². The van der Waals surface area contributed by atoms with E-state index in [4.69, 9.17) is 9.94 Å². The summed E-state index contributed by atoms with van der Waals surface area (Å²) >= 11 is 0. The van der Waals surface area contributed by atoms with Crippen LogP contribution in [0, 0.1) is 0 Å². The van der Waals surface area contributed by atoms with Crippen molar-refractivity contribution in [3.05, 3.63) is 60.4 Å². The van der Waals surface area contributed by atoms with Gasteiger partial charge >= 0.3 is 12.6 Å². The molecule has 1 N–H and O–H groups in total. The Morgan fingerprint density at radius 3 is 2.04 bits per heavy atom. The van der Waals surface area contributed by atoms with Crippen LogP contribution in [-0.4, -0.2) is 32.8 Å². The number of carboxylic acid groups (broad SMARTS) is 1. The average molecular weight is 347 g/mol. The Kier molecular flexibility index (Phi) is 4.55. The van der Waals surface area contributed by atoms with Gasteiger partial charge in [-0.25, -0.2) is 4.79 Å². The molecule has 0 aliphatic heterocycles. The minimum atomic E-state index is -2.86. The molecule has 0 fully saturated rings. The van der Waals surface area contributed by atoms with Gasteiger partial charge in [0.1, 0.15) is 11.9 Å². The molecule has 0 atom stereocenters. The van der Waals surface area contributed by atoms with E-state index >= 15 is 0 Å². The van der Waals surface area contributed by atoms with E-state index in [0.29, 0.717) is 5.75 Å². The fraction of sp³-hybridized carbons (Fsp3) is 0.0625. The van der Waals surface area contributed by atoms with E-state index in [1.54, 1.807) is 36.4 Å². The molecular formula is C16H11F2N3O4. The number of alkyl halides is 2. The summed E-state index contributed by atoms with van der Waals surface area (Å²) in [5, 5.41) is 15.7. The molecular weight excluding hydrogens is 336 g/mol. The maximum absolute atomic E-state index is 12.1. The molecule has 0 unspecified atom stereocenters. The third-order valence-electron chi connectivity index (χ3n) is 3.16. The van der Waals surface area contributed by atoms with Crippen LogP contribution in [0.15, 0.2) is 54.7 Å². The number of ether oxygens (including phenoxy) is 1. The van der Waals surface area contributed by atoms with Crippen LogP contribution < -0.4 is 9.57 Å². The quantitative estimate of drug-likeness (QED) is 0.737. The van der Waals surface area contributed by atoms with Gasteiger partial charge in [-0.1, -0.05) is 29.1 Å². The first-order chi connectivity index (χ1) is 12.0. The second-order valence-electron chi connectivity index (χ2n) is 4.83. The minimum Gasteiger partial charge on any atom is -0.476 e. The number of rotatable bonds is 6. The van der Waals surface area contributed by atoms with Gasteiger partial charge in [0, 0.05) is 0 Å². The van der Waals surface area contributed by atoms with Gasteiger partial charge < -0.3 is 14.7 Å². The summed E-state index contributed by atoms with van der Waals surface area (Å²) in [7, 11) is 0.